The summed E-state index contributed by atoms with van der Waals surface area (Å²) in [7, 11) is 3.98. The number of ketones is 1. The highest BCUT2D eigenvalue weighted by Crippen LogP contribution is 2.43. The first kappa shape index (κ1) is 21.9. The van der Waals surface area contributed by atoms with Crippen molar-refractivity contribution in [2.45, 2.75) is 0 Å². The maximum Gasteiger partial charge on any atom is 0.350 e. The molecule has 3 rings (SSSR count). The van der Waals surface area contributed by atoms with Crippen LogP contribution in [-0.4, -0.2) is 34.6 Å². The molecule has 2 N–H and O–H groups in total. The zero-order chi connectivity index (χ0) is 22.3. The van der Waals surface area contributed by atoms with Crippen molar-refractivity contribution in [3.63, 3.8) is 0 Å². The second-order valence-corrected chi connectivity index (χ2v) is 7.95. The smallest absolute Gasteiger partial charge is 0.350 e. The molecule has 0 saturated heterocycles. The molecule has 0 radical (unpaired) electrons. The van der Waals surface area contributed by atoms with E-state index in [1.54, 1.807) is 12.1 Å². The Hall–Kier alpha value is -2.82. The molecule has 0 unspecified atom stereocenters. The Balaban J connectivity index is 1.89. The van der Waals surface area contributed by atoms with Gasteiger partial charge in [-0.3, -0.25) is 18.7 Å². The fourth-order valence-corrected chi connectivity index (χ4v) is 4.54. The van der Waals surface area contributed by atoms with Gasteiger partial charge >= 0.3 is 11.7 Å². The lowest BCUT2D eigenvalue weighted by Gasteiger charge is -2.10. The molecule has 0 atom stereocenters. The molecular formula is C18H15Cl2N3O6S. The van der Waals surface area contributed by atoms with Crippen molar-refractivity contribution >= 4 is 62.2 Å². The van der Waals surface area contributed by atoms with E-state index in [0.717, 1.165) is 20.5 Å². The molecule has 30 heavy (non-hydrogen) atoms. The van der Waals surface area contributed by atoms with Gasteiger partial charge in [0.25, 0.3) is 5.56 Å². The van der Waals surface area contributed by atoms with Crippen molar-refractivity contribution in [3.05, 3.63) is 53.5 Å². The summed E-state index contributed by atoms with van der Waals surface area (Å²) in [6.45, 7) is -0.766. The Morgan fingerprint density at radius 1 is 1.13 bits per heavy atom. The summed E-state index contributed by atoms with van der Waals surface area (Å²) in [5.41, 5.74) is 3.73. The number of anilines is 1. The number of fused-ring (bicyclic) bond motifs is 1. The van der Waals surface area contributed by atoms with Crippen LogP contribution < -0.4 is 21.7 Å². The van der Waals surface area contributed by atoms with Crippen LogP contribution in [0.15, 0.2) is 21.7 Å². The quantitative estimate of drug-likeness (QED) is 0.446. The lowest BCUT2D eigenvalue weighted by atomic mass is 10.2. The van der Waals surface area contributed by atoms with E-state index in [0.29, 0.717) is 20.9 Å². The summed E-state index contributed by atoms with van der Waals surface area (Å²) in [5, 5.41) is 0.940. The van der Waals surface area contributed by atoms with Crippen molar-refractivity contribution in [1.82, 2.24) is 9.13 Å². The van der Waals surface area contributed by atoms with E-state index in [1.807, 2.05) is 0 Å². The molecule has 0 aliphatic heterocycles. The molecule has 0 aliphatic rings. The molecule has 1 aromatic carbocycles. The van der Waals surface area contributed by atoms with E-state index >= 15 is 0 Å². The van der Waals surface area contributed by atoms with E-state index in [2.05, 4.69) is 0 Å². The predicted octanol–water partition coefficient (Wildman–Crippen LogP) is 2.24. The second kappa shape index (κ2) is 8.13. The molecule has 0 aliphatic carbocycles. The van der Waals surface area contributed by atoms with Gasteiger partial charge in [-0.25, -0.2) is 9.59 Å². The largest absolute Gasteiger partial charge is 0.495 e. The second-order valence-electron chi connectivity index (χ2n) is 6.17. The number of hydrogen-bond acceptors (Lipinski definition) is 8. The van der Waals surface area contributed by atoms with Gasteiger partial charge in [0.2, 0.25) is 5.78 Å². The zero-order valence-electron chi connectivity index (χ0n) is 15.9. The monoisotopic (exact) mass is 471 g/mol. The minimum atomic E-state index is -0.879. The van der Waals surface area contributed by atoms with E-state index in [-0.39, 0.29) is 15.7 Å². The topological polar surface area (TPSA) is 123 Å². The third-order valence-corrected chi connectivity index (χ3v) is 6.62. The molecule has 2 aromatic heterocycles. The maximum atomic E-state index is 12.5. The van der Waals surface area contributed by atoms with Gasteiger partial charge in [0.15, 0.2) is 6.61 Å². The summed E-state index contributed by atoms with van der Waals surface area (Å²) in [5.74, 6) is -1.63. The number of nitrogens with zero attached hydrogens (tertiary/aromatic N) is 2. The van der Waals surface area contributed by atoms with Crippen molar-refractivity contribution in [2.24, 2.45) is 14.1 Å². The highest BCUT2D eigenvalue weighted by atomic mass is 35.5. The standard InChI is InChI=1S/C18H15Cl2N3O6S/c1-22-15(21)10(16(25)23(2)18(22)27)8(24)6-29-17(26)14-11(19)7-4-5-9(28-3)12(20)13(7)30-14/h4-5H,6,21H2,1-3H3. The number of hydrogen-bond donors (Lipinski definition) is 1. The molecule has 0 fully saturated rings. The molecule has 0 saturated carbocycles. The SMILES string of the molecule is COc1ccc2c(Cl)c(C(=O)OCC(=O)c3c(N)n(C)c(=O)n(C)c3=O)sc2c1Cl. The van der Waals surface area contributed by atoms with Crippen LogP contribution >= 0.6 is 34.5 Å². The average Bonchev–Trinajstić information content (AvgIpc) is 3.07. The predicted molar refractivity (Wildman–Crippen MR) is 114 cm³/mol. The third-order valence-electron chi connectivity index (χ3n) is 4.43. The van der Waals surface area contributed by atoms with Crippen LogP contribution in [0.25, 0.3) is 10.1 Å². The number of Topliss-reactive ketones (excluding diaryl/α,β-unsaturated/α-hetero) is 1. The van der Waals surface area contributed by atoms with Crippen LogP contribution in [-0.2, 0) is 18.8 Å². The number of thiophene rings is 1. The minimum Gasteiger partial charge on any atom is -0.495 e. The van der Waals surface area contributed by atoms with Crippen LogP contribution in [0.2, 0.25) is 10.0 Å². The summed E-state index contributed by atoms with van der Waals surface area (Å²) < 4.78 is 12.4. The highest BCUT2D eigenvalue weighted by molar-refractivity contribution is 7.22. The third kappa shape index (κ3) is 3.47. The molecule has 2 heterocycles. The molecule has 12 heteroatoms. The van der Waals surface area contributed by atoms with Gasteiger partial charge in [-0.05, 0) is 12.1 Å². The summed E-state index contributed by atoms with van der Waals surface area (Å²) >= 11 is 13.5. The van der Waals surface area contributed by atoms with Gasteiger partial charge in [-0.2, -0.15) is 0 Å². The van der Waals surface area contributed by atoms with Crippen molar-refractivity contribution in [2.75, 3.05) is 19.5 Å². The lowest BCUT2D eigenvalue weighted by molar-refractivity contribution is 0.0479. The molecule has 9 nitrogen and oxygen atoms in total. The molecule has 3 aromatic rings. The number of nitrogens with two attached hydrogens (primary N) is 1. The van der Waals surface area contributed by atoms with Crippen LogP contribution in [0, 0.1) is 0 Å². The first-order valence-electron chi connectivity index (χ1n) is 8.30. The summed E-state index contributed by atoms with van der Waals surface area (Å²) in [4.78, 5) is 49.1. The number of halogens is 2. The Labute approximate surface area is 183 Å². The minimum absolute atomic E-state index is 0.0379. The van der Waals surface area contributed by atoms with Crippen LogP contribution in [0.4, 0.5) is 5.82 Å². The average molecular weight is 472 g/mol. The zero-order valence-corrected chi connectivity index (χ0v) is 18.3. The number of aromatic nitrogens is 2. The first-order chi connectivity index (χ1) is 14.1. The number of nitrogen functional groups attached to an aromatic ring is 1. The number of benzene rings is 1. The fraction of sp³-hybridized carbons (Fsp3) is 0.222. The Morgan fingerprint density at radius 2 is 1.80 bits per heavy atom. The van der Waals surface area contributed by atoms with E-state index in [4.69, 9.17) is 38.4 Å². The van der Waals surface area contributed by atoms with Crippen molar-refractivity contribution < 1.29 is 19.1 Å². The number of ether oxygens (including phenoxy) is 2. The van der Waals surface area contributed by atoms with Gasteiger partial charge in [0.05, 0.1) is 16.8 Å². The number of rotatable bonds is 5. The highest BCUT2D eigenvalue weighted by Gasteiger charge is 2.25. The number of esters is 1. The maximum absolute atomic E-state index is 12.5. The molecule has 0 spiro atoms. The van der Waals surface area contributed by atoms with Crippen LogP contribution in [0.1, 0.15) is 20.0 Å². The Bertz CT molecular complexity index is 1320. The molecule has 158 valence electrons. The van der Waals surface area contributed by atoms with Gasteiger partial charge in [0, 0.05) is 19.5 Å². The number of methoxy groups -OCH3 is 1. The van der Waals surface area contributed by atoms with Crippen LogP contribution in [0.5, 0.6) is 5.75 Å². The number of carbonyl (C=O) groups excluding carboxylic acids is 2. The fourth-order valence-electron chi connectivity index (χ4n) is 2.76. The Kier molecular flexibility index (Phi) is 5.93. The first-order valence-corrected chi connectivity index (χ1v) is 9.87. The molecule has 0 bridgehead atoms. The van der Waals surface area contributed by atoms with Crippen LogP contribution in [0.3, 0.4) is 0 Å². The Morgan fingerprint density at radius 3 is 2.43 bits per heavy atom. The van der Waals surface area contributed by atoms with Gasteiger partial charge in [0.1, 0.15) is 27.0 Å². The van der Waals surface area contributed by atoms with Gasteiger partial charge < -0.3 is 15.2 Å². The summed E-state index contributed by atoms with van der Waals surface area (Å²) in [6.07, 6.45) is 0. The molecular weight excluding hydrogens is 457 g/mol. The van der Waals surface area contributed by atoms with Gasteiger partial charge in [-0.1, -0.05) is 23.2 Å². The van der Waals surface area contributed by atoms with E-state index in [1.165, 1.54) is 21.2 Å². The van der Waals surface area contributed by atoms with Gasteiger partial charge in [-0.15, -0.1) is 11.3 Å². The van der Waals surface area contributed by atoms with Crippen molar-refractivity contribution in [1.29, 1.82) is 0 Å². The summed E-state index contributed by atoms with van der Waals surface area (Å²) in [6, 6.07) is 3.26. The number of carbonyl (C=O) groups is 2. The van der Waals surface area contributed by atoms with Crippen molar-refractivity contribution in [3.8, 4) is 5.75 Å². The van der Waals surface area contributed by atoms with E-state index < -0.39 is 35.2 Å². The normalized spacial score (nSPS) is 11.0. The van der Waals surface area contributed by atoms with E-state index in [9.17, 15) is 19.2 Å². The lowest BCUT2D eigenvalue weighted by Crippen LogP contribution is -2.42. The molecule has 0 amide bonds.